The normalized spacial score (nSPS) is 24.1. The lowest BCUT2D eigenvalue weighted by Gasteiger charge is -2.39. The third-order valence-electron chi connectivity index (χ3n) is 3.21. The number of rotatable bonds is 0. The van der Waals surface area contributed by atoms with Crippen molar-refractivity contribution < 1.29 is 4.79 Å². The highest BCUT2D eigenvalue weighted by atomic mass is 16.2. The van der Waals surface area contributed by atoms with Gasteiger partial charge in [0.15, 0.2) is 0 Å². The Balaban J connectivity index is 1.88. The standard InChI is InChI=1S/C11H21N3O/c1-10(2,3)13-9(15)14-5-4-11(8-14)6-12-7-11/h12H,4-8H2,1-3H3,(H,13,15). The number of carbonyl (C=O) groups excluding carboxylic acids is 1. The van der Waals surface area contributed by atoms with Gasteiger partial charge in [-0.1, -0.05) is 0 Å². The van der Waals surface area contributed by atoms with Crippen LogP contribution in [0.2, 0.25) is 0 Å². The Bertz CT molecular complexity index is 265. The topological polar surface area (TPSA) is 44.4 Å². The Labute approximate surface area is 91.4 Å². The van der Waals surface area contributed by atoms with Gasteiger partial charge in [0.05, 0.1) is 0 Å². The van der Waals surface area contributed by atoms with Gasteiger partial charge in [-0.25, -0.2) is 4.79 Å². The number of hydrogen-bond acceptors (Lipinski definition) is 2. The molecular formula is C11H21N3O. The van der Waals surface area contributed by atoms with Gasteiger partial charge in [0.25, 0.3) is 0 Å². The summed E-state index contributed by atoms with van der Waals surface area (Å²) in [6, 6.07) is 0.0891. The van der Waals surface area contributed by atoms with E-state index < -0.39 is 0 Å². The monoisotopic (exact) mass is 211 g/mol. The summed E-state index contributed by atoms with van der Waals surface area (Å²) in [6.07, 6.45) is 1.15. The van der Waals surface area contributed by atoms with Gasteiger partial charge in [-0.2, -0.15) is 0 Å². The van der Waals surface area contributed by atoms with Gasteiger partial charge < -0.3 is 15.5 Å². The van der Waals surface area contributed by atoms with Crippen molar-refractivity contribution in [3.8, 4) is 0 Å². The minimum atomic E-state index is -0.134. The largest absolute Gasteiger partial charge is 0.333 e. The molecular weight excluding hydrogens is 190 g/mol. The lowest BCUT2D eigenvalue weighted by molar-refractivity contribution is 0.162. The molecule has 2 amide bonds. The predicted molar refractivity (Wildman–Crippen MR) is 59.8 cm³/mol. The highest BCUT2D eigenvalue weighted by molar-refractivity contribution is 5.75. The second kappa shape index (κ2) is 3.37. The van der Waals surface area contributed by atoms with E-state index in [0.717, 1.165) is 32.6 Å². The van der Waals surface area contributed by atoms with Gasteiger partial charge in [-0.05, 0) is 27.2 Å². The first-order valence-electron chi connectivity index (χ1n) is 5.68. The third kappa shape index (κ3) is 2.25. The van der Waals surface area contributed by atoms with Crippen LogP contribution in [0.15, 0.2) is 0 Å². The average Bonchev–Trinajstić information content (AvgIpc) is 2.43. The number of urea groups is 1. The maximum absolute atomic E-state index is 11.9. The van der Waals surface area contributed by atoms with E-state index in [1.807, 2.05) is 25.7 Å². The Kier molecular flexibility index (Phi) is 2.41. The lowest BCUT2D eigenvalue weighted by atomic mass is 9.81. The molecule has 2 fully saturated rings. The first kappa shape index (κ1) is 10.7. The van der Waals surface area contributed by atoms with E-state index >= 15 is 0 Å². The third-order valence-corrected chi connectivity index (χ3v) is 3.21. The molecule has 2 N–H and O–H groups in total. The molecule has 4 heteroatoms. The zero-order valence-electron chi connectivity index (χ0n) is 9.89. The molecule has 0 unspecified atom stereocenters. The highest BCUT2D eigenvalue weighted by Crippen LogP contribution is 2.33. The molecule has 0 atom stereocenters. The van der Waals surface area contributed by atoms with Gasteiger partial charge in [-0.15, -0.1) is 0 Å². The Morgan fingerprint density at radius 3 is 2.47 bits per heavy atom. The van der Waals surface area contributed by atoms with Crippen LogP contribution in [0, 0.1) is 5.41 Å². The lowest BCUT2D eigenvalue weighted by Crippen LogP contribution is -2.56. The van der Waals surface area contributed by atoms with Crippen LogP contribution in [0.5, 0.6) is 0 Å². The summed E-state index contributed by atoms with van der Waals surface area (Å²) >= 11 is 0. The van der Waals surface area contributed by atoms with E-state index in [-0.39, 0.29) is 11.6 Å². The van der Waals surface area contributed by atoms with Crippen LogP contribution in [0.4, 0.5) is 4.79 Å². The molecule has 0 radical (unpaired) electrons. The minimum Gasteiger partial charge on any atom is -0.333 e. The molecule has 2 aliphatic heterocycles. The summed E-state index contributed by atoms with van der Waals surface area (Å²) in [5, 5.41) is 6.31. The molecule has 2 heterocycles. The van der Waals surface area contributed by atoms with Crippen molar-refractivity contribution in [3.05, 3.63) is 0 Å². The van der Waals surface area contributed by atoms with Crippen LogP contribution in [-0.4, -0.2) is 42.6 Å². The number of amides is 2. The first-order valence-corrected chi connectivity index (χ1v) is 5.68. The molecule has 0 aromatic heterocycles. The molecule has 2 saturated heterocycles. The molecule has 1 spiro atoms. The van der Waals surface area contributed by atoms with Crippen molar-refractivity contribution in [1.82, 2.24) is 15.5 Å². The second-order valence-corrected chi connectivity index (χ2v) is 5.96. The highest BCUT2D eigenvalue weighted by Gasteiger charge is 2.44. The summed E-state index contributed by atoms with van der Waals surface area (Å²) in [7, 11) is 0. The Morgan fingerprint density at radius 2 is 2.07 bits per heavy atom. The smallest absolute Gasteiger partial charge is 0.317 e. The Morgan fingerprint density at radius 1 is 1.40 bits per heavy atom. The summed E-state index contributed by atoms with van der Waals surface area (Å²) < 4.78 is 0. The summed E-state index contributed by atoms with van der Waals surface area (Å²) in [5.74, 6) is 0. The van der Waals surface area contributed by atoms with Gasteiger partial charge in [0.2, 0.25) is 0 Å². The van der Waals surface area contributed by atoms with Crippen LogP contribution >= 0.6 is 0 Å². The maximum Gasteiger partial charge on any atom is 0.317 e. The fraction of sp³-hybridized carbons (Fsp3) is 0.909. The van der Waals surface area contributed by atoms with Gasteiger partial charge in [-0.3, -0.25) is 0 Å². The number of likely N-dealkylation sites (tertiary alicyclic amines) is 1. The zero-order valence-corrected chi connectivity index (χ0v) is 9.89. The molecule has 2 rings (SSSR count). The van der Waals surface area contributed by atoms with E-state index in [1.54, 1.807) is 0 Å². The van der Waals surface area contributed by atoms with E-state index in [9.17, 15) is 4.79 Å². The minimum absolute atomic E-state index is 0.0891. The van der Waals surface area contributed by atoms with Gasteiger partial charge >= 0.3 is 6.03 Å². The van der Waals surface area contributed by atoms with E-state index in [4.69, 9.17) is 0 Å². The van der Waals surface area contributed by atoms with Crippen molar-refractivity contribution >= 4 is 6.03 Å². The molecule has 2 aliphatic rings. The summed E-state index contributed by atoms with van der Waals surface area (Å²) in [4.78, 5) is 13.8. The van der Waals surface area contributed by atoms with Crippen molar-refractivity contribution in [1.29, 1.82) is 0 Å². The molecule has 15 heavy (non-hydrogen) atoms. The molecule has 86 valence electrons. The summed E-state index contributed by atoms with van der Waals surface area (Å²) in [5.41, 5.74) is 0.264. The molecule has 0 aliphatic carbocycles. The predicted octanol–water partition coefficient (Wildman–Crippen LogP) is 0.790. The fourth-order valence-electron chi connectivity index (χ4n) is 2.28. The number of nitrogens with one attached hydrogen (secondary N) is 2. The average molecular weight is 211 g/mol. The van der Waals surface area contributed by atoms with Crippen molar-refractivity contribution in [2.24, 2.45) is 5.41 Å². The zero-order chi connectivity index (χ0) is 11.1. The SMILES string of the molecule is CC(C)(C)NC(=O)N1CCC2(CNC2)C1. The molecule has 0 saturated carbocycles. The van der Waals surface area contributed by atoms with Crippen LogP contribution in [0.25, 0.3) is 0 Å². The molecule has 0 aromatic rings. The molecule has 0 bridgehead atoms. The summed E-state index contributed by atoms with van der Waals surface area (Å²) in [6.45, 7) is 10.0. The molecule has 0 aromatic carbocycles. The van der Waals surface area contributed by atoms with E-state index in [2.05, 4.69) is 10.6 Å². The van der Waals surface area contributed by atoms with Gasteiger partial charge in [0.1, 0.15) is 0 Å². The van der Waals surface area contributed by atoms with E-state index in [1.165, 1.54) is 0 Å². The molecule has 4 nitrogen and oxygen atoms in total. The van der Waals surface area contributed by atoms with Crippen LogP contribution < -0.4 is 10.6 Å². The maximum atomic E-state index is 11.9. The number of nitrogens with zero attached hydrogens (tertiary/aromatic N) is 1. The van der Waals surface area contributed by atoms with Crippen LogP contribution in [0.1, 0.15) is 27.2 Å². The number of carbonyl (C=O) groups is 1. The second-order valence-electron chi connectivity index (χ2n) is 5.96. The van der Waals surface area contributed by atoms with Gasteiger partial charge in [0, 0.05) is 37.1 Å². The van der Waals surface area contributed by atoms with Crippen LogP contribution in [0.3, 0.4) is 0 Å². The quantitative estimate of drug-likeness (QED) is 0.622. The fourth-order valence-corrected chi connectivity index (χ4v) is 2.28. The van der Waals surface area contributed by atoms with Crippen molar-refractivity contribution in [3.63, 3.8) is 0 Å². The number of hydrogen-bond donors (Lipinski definition) is 2. The first-order chi connectivity index (χ1) is 6.90. The van der Waals surface area contributed by atoms with Crippen LogP contribution in [-0.2, 0) is 0 Å². The van der Waals surface area contributed by atoms with Crippen molar-refractivity contribution in [2.45, 2.75) is 32.7 Å². The van der Waals surface area contributed by atoms with E-state index in [0.29, 0.717) is 5.41 Å². The Hall–Kier alpha value is -0.770. The van der Waals surface area contributed by atoms with Crippen molar-refractivity contribution in [2.75, 3.05) is 26.2 Å².